The average molecular weight is 206 g/mol. The summed E-state index contributed by atoms with van der Waals surface area (Å²) < 4.78 is 1.85. The fourth-order valence-electron chi connectivity index (χ4n) is 2.35. The van der Waals surface area contributed by atoms with Gasteiger partial charge >= 0.3 is 0 Å². The van der Waals surface area contributed by atoms with Gasteiger partial charge in [-0.25, -0.2) is 0 Å². The van der Waals surface area contributed by atoms with Gasteiger partial charge in [-0.3, -0.25) is 9.48 Å². The van der Waals surface area contributed by atoms with Crippen molar-refractivity contribution in [3.05, 3.63) is 18.0 Å². The van der Waals surface area contributed by atoms with Crippen LogP contribution in [0.4, 0.5) is 0 Å². The highest BCUT2D eigenvalue weighted by atomic mass is 16.1. The molecular weight excluding hydrogens is 188 g/mol. The molecule has 1 aromatic rings. The van der Waals surface area contributed by atoms with Crippen molar-refractivity contribution in [1.82, 2.24) is 9.78 Å². The third kappa shape index (κ3) is 2.46. The lowest BCUT2D eigenvalue weighted by molar-refractivity contribution is -0.122. The second-order valence-electron chi connectivity index (χ2n) is 4.39. The molecule has 0 aromatic carbocycles. The highest BCUT2D eigenvalue weighted by Gasteiger charge is 2.22. The van der Waals surface area contributed by atoms with Crippen LogP contribution in [0.3, 0.4) is 0 Å². The second-order valence-corrected chi connectivity index (χ2v) is 4.39. The first-order valence-corrected chi connectivity index (χ1v) is 5.77. The van der Waals surface area contributed by atoms with Crippen molar-refractivity contribution in [3.8, 4) is 0 Å². The van der Waals surface area contributed by atoms with Gasteiger partial charge in [0.25, 0.3) is 0 Å². The van der Waals surface area contributed by atoms with E-state index in [4.69, 9.17) is 0 Å². The summed E-state index contributed by atoms with van der Waals surface area (Å²) in [5, 5.41) is 4.10. The van der Waals surface area contributed by atoms with E-state index in [1.807, 2.05) is 17.8 Å². The average Bonchev–Trinajstić information content (AvgIpc) is 2.85. The van der Waals surface area contributed by atoms with Crippen LogP contribution in [-0.2, 0) is 18.3 Å². The largest absolute Gasteiger partial charge is 0.299 e. The molecule has 1 aliphatic rings. The third-order valence-corrected chi connectivity index (χ3v) is 3.36. The second kappa shape index (κ2) is 4.60. The first kappa shape index (κ1) is 10.4. The predicted octanol–water partition coefficient (Wildman–Crippen LogP) is 2.11. The van der Waals surface area contributed by atoms with E-state index in [0.717, 1.165) is 25.0 Å². The number of Topliss-reactive ketones (excluding diaryl/α,β-unsaturated/α-hetero) is 1. The molecule has 1 saturated carbocycles. The van der Waals surface area contributed by atoms with Crippen molar-refractivity contribution in [2.75, 3.05) is 0 Å². The van der Waals surface area contributed by atoms with Gasteiger partial charge in [-0.1, -0.05) is 12.8 Å². The first-order chi connectivity index (χ1) is 7.27. The summed E-state index contributed by atoms with van der Waals surface area (Å²) in [5.41, 5.74) is 1.15. The molecule has 0 aliphatic heterocycles. The molecular formula is C12H18N2O. The summed E-state index contributed by atoms with van der Waals surface area (Å²) in [4.78, 5) is 11.8. The zero-order valence-corrected chi connectivity index (χ0v) is 9.28. The van der Waals surface area contributed by atoms with Crippen LogP contribution in [0.15, 0.2) is 12.3 Å². The standard InChI is InChI=1S/C12H18N2O/c1-14-11(8-9-13-14)6-7-12(15)10-4-2-3-5-10/h8-10H,2-7H2,1H3. The minimum Gasteiger partial charge on any atom is -0.299 e. The van der Waals surface area contributed by atoms with Crippen LogP contribution in [-0.4, -0.2) is 15.6 Å². The van der Waals surface area contributed by atoms with Gasteiger partial charge in [0.1, 0.15) is 5.78 Å². The maximum atomic E-state index is 11.8. The lowest BCUT2D eigenvalue weighted by Gasteiger charge is -2.07. The Bertz CT molecular complexity index is 337. The number of rotatable bonds is 4. The Hall–Kier alpha value is -1.12. The van der Waals surface area contributed by atoms with Gasteiger partial charge in [0.15, 0.2) is 0 Å². The van der Waals surface area contributed by atoms with E-state index in [2.05, 4.69) is 5.10 Å². The van der Waals surface area contributed by atoms with Gasteiger partial charge in [-0.05, 0) is 25.3 Å². The van der Waals surface area contributed by atoms with E-state index in [-0.39, 0.29) is 0 Å². The molecule has 1 aliphatic carbocycles. The summed E-state index contributed by atoms with van der Waals surface area (Å²) in [6.45, 7) is 0. The SMILES string of the molecule is Cn1nccc1CCC(=O)C1CCCC1. The van der Waals surface area contributed by atoms with E-state index in [0.29, 0.717) is 18.1 Å². The molecule has 1 fully saturated rings. The molecule has 2 rings (SSSR count). The molecule has 0 bridgehead atoms. The maximum absolute atomic E-state index is 11.8. The van der Waals surface area contributed by atoms with Crippen molar-refractivity contribution >= 4 is 5.78 Å². The molecule has 1 aromatic heterocycles. The Morgan fingerprint density at radius 1 is 1.53 bits per heavy atom. The number of ketones is 1. The Kier molecular flexibility index (Phi) is 3.19. The molecule has 0 unspecified atom stereocenters. The molecule has 1 heterocycles. The summed E-state index contributed by atoms with van der Waals surface area (Å²) in [6.07, 6.45) is 8.02. The van der Waals surface area contributed by atoms with Crippen LogP contribution < -0.4 is 0 Å². The number of aryl methyl sites for hydroxylation is 2. The molecule has 0 spiro atoms. The van der Waals surface area contributed by atoms with Crippen LogP contribution in [0, 0.1) is 5.92 Å². The molecule has 0 radical (unpaired) electrons. The van der Waals surface area contributed by atoms with Gasteiger partial charge in [0.05, 0.1) is 0 Å². The zero-order chi connectivity index (χ0) is 10.7. The van der Waals surface area contributed by atoms with E-state index >= 15 is 0 Å². The third-order valence-electron chi connectivity index (χ3n) is 3.36. The summed E-state index contributed by atoms with van der Waals surface area (Å²) in [6, 6.07) is 1.99. The van der Waals surface area contributed by atoms with E-state index < -0.39 is 0 Å². The molecule has 0 amide bonds. The molecule has 82 valence electrons. The molecule has 3 nitrogen and oxygen atoms in total. The number of carbonyl (C=O) groups excluding carboxylic acids is 1. The Balaban J connectivity index is 1.83. The van der Waals surface area contributed by atoms with Crippen LogP contribution >= 0.6 is 0 Å². The Morgan fingerprint density at radius 2 is 2.27 bits per heavy atom. The summed E-state index contributed by atoms with van der Waals surface area (Å²) in [7, 11) is 1.93. The normalized spacial score (nSPS) is 17.1. The topological polar surface area (TPSA) is 34.9 Å². The minimum atomic E-state index is 0.359. The Labute approximate surface area is 90.5 Å². The molecule has 0 atom stereocenters. The van der Waals surface area contributed by atoms with Crippen molar-refractivity contribution in [3.63, 3.8) is 0 Å². The van der Waals surface area contributed by atoms with Crippen LogP contribution in [0.25, 0.3) is 0 Å². The quantitative estimate of drug-likeness (QED) is 0.756. The first-order valence-electron chi connectivity index (χ1n) is 5.77. The number of hydrogen-bond donors (Lipinski definition) is 0. The number of carbonyl (C=O) groups is 1. The number of hydrogen-bond acceptors (Lipinski definition) is 2. The molecule has 15 heavy (non-hydrogen) atoms. The van der Waals surface area contributed by atoms with Gasteiger partial charge in [0.2, 0.25) is 0 Å². The zero-order valence-electron chi connectivity index (χ0n) is 9.28. The van der Waals surface area contributed by atoms with Crippen molar-refractivity contribution in [2.45, 2.75) is 38.5 Å². The van der Waals surface area contributed by atoms with Gasteiger partial charge in [-0.2, -0.15) is 5.10 Å². The smallest absolute Gasteiger partial charge is 0.136 e. The highest BCUT2D eigenvalue weighted by molar-refractivity contribution is 5.81. The van der Waals surface area contributed by atoms with Crippen LogP contribution in [0.5, 0.6) is 0 Å². The summed E-state index contributed by atoms with van der Waals surface area (Å²) in [5.74, 6) is 0.812. The lowest BCUT2D eigenvalue weighted by Crippen LogP contribution is -2.12. The van der Waals surface area contributed by atoms with Crippen LogP contribution in [0.2, 0.25) is 0 Å². The van der Waals surface area contributed by atoms with E-state index in [1.54, 1.807) is 6.20 Å². The van der Waals surface area contributed by atoms with Crippen molar-refractivity contribution in [2.24, 2.45) is 13.0 Å². The van der Waals surface area contributed by atoms with Crippen LogP contribution in [0.1, 0.15) is 37.8 Å². The monoisotopic (exact) mass is 206 g/mol. The van der Waals surface area contributed by atoms with Gasteiger partial charge in [-0.15, -0.1) is 0 Å². The van der Waals surface area contributed by atoms with Gasteiger partial charge < -0.3 is 0 Å². The number of aromatic nitrogens is 2. The summed E-state index contributed by atoms with van der Waals surface area (Å²) >= 11 is 0. The maximum Gasteiger partial charge on any atom is 0.136 e. The van der Waals surface area contributed by atoms with Crippen molar-refractivity contribution < 1.29 is 4.79 Å². The fraction of sp³-hybridized carbons (Fsp3) is 0.667. The molecule has 0 saturated heterocycles. The fourth-order valence-corrected chi connectivity index (χ4v) is 2.35. The van der Waals surface area contributed by atoms with E-state index in [9.17, 15) is 4.79 Å². The Morgan fingerprint density at radius 3 is 2.87 bits per heavy atom. The van der Waals surface area contributed by atoms with Gasteiger partial charge in [0, 0.05) is 31.3 Å². The molecule has 0 N–H and O–H groups in total. The molecule has 3 heteroatoms. The highest BCUT2D eigenvalue weighted by Crippen LogP contribution is 2.26. The minimum absolute atomic E-state index is 0.359. The number of nitrogens with zero attached hydrogens (tertiary/aromatic N) is 2. The van der Waals surface area contributed by atoms with Crippen molar-refractivity contribution in [1.29, 1.82) is 0 Å². The lowest BCUT2D eigenvalue weighted by atomic mass is 9.98. The van der Waals surface area contributed by atoms with E-state index in [1.165, 1.54) is 12.8 Å². The predicted molar refractivity (Wildman–Crippen MR) is 58.5 cm³/mol.